The van der Waals surface area contributed by atoms with Gasteiger partial charge in [-0.1, -0.05) is 15.9 Å². The van der Waals surface area contributed by atoms with Crippen LogP contribution < -0.4 is 16.2 Å². The van der Waals surface area contributed by atoms with Gasteiger partial charge in [0, 0.05) is 19.7 Å². The van der Waals surface area contributed by atoms with Crippen molar-refractivity contribution in [2.24, 2.45) is 0 Å². The topological polar surface area (TPSA) is 114 Å². The minimum absolute atomic E-state index is 0.0490. The maximum Gasteiger partial charge on any atom is 0.434 e. The van der Waals surface area contributed by atoms with Crippen LogP contribution in [0.3, 0.4) is 0 Å². The number of benzene rings is 2. The average molecular weight is 547 g/mol. The number of rotatable bonds is 1. The van der Waals surface area contributed by atoms with E-state index in [2.05, 4.69) is 37.3 Å². The number of ether oxygens (including phenoxy) is 2. The Hall–Kier alpha value is -2.20. The highest BCUT2D eigenvalue weighted by atomic mass is 79.9. The highest BCUT2D eigenvalue weighted by Gasteiger charge is 2.31. The van der Waals surface area contributed by atoms with Crippen molar-refractivity contribution in [3.05, 3.63) is 27.1 Å². The third kappa shape index (κ3) is 5.69. The first kappa shape index (κ1) is 24.1. The highest BCUT2D eigenvalue weighted by molar-refractivity contribution is 9.11. The molecule has 2 rings (SSSR count). The third-order valence-corrected chi connectivity index (χ3v) is 4.91. The largest absolute Gasteiger partial charge is 0.506 e. The first-order valence-electron chi connectivity index (χ1n) is 9.02. The number of nitrogens with one attached hydrogen (secondary N) is 1. The van der Waals surface area contributed by atoms with Gasteiger partial charge in [0.2, 0.25) is 0 Å². The molecule has 0 saturated carbocycles. The summed E-state index contributed by atoms with van der Waals surface area (Å²) < 4.78 is 11.9. The third-order valence-electron chi connectivity index (χ3n) is 3.60. The molecule has 10 heteroatoms. The van der Waals surface area contributed by atoms with E-state index < -0.39 is 23.4 Å². The van der Waals surface area contributed by atoms with Gasteiger partial charge in [-0.15, -0.1) is 0 Å². The van der Waals surface area contributed by atoms with E-state index in [9.17, 15) is 14.7 Å². The molecule has 0 heterocycles. The number of fused-ring (bicyclic) bond motifs is 1. The van der Waals surface area contributed by atoms with Gasteiger partial charge in [0.05, 0.1) is 5.69 Å². The van der Waals surface area contributed by atoms with E-state index in [1.165, 1.54) is 6.07 Å². The first-order chi connectivity index (χ1) is 13.6. The Kier molecular flexibility index (Phi) is 6.82. The second-order valence-electron chi connectivity index (χ2n) is 8.54. The number of carbonyl (C=O) groups is 2. The van der Waals surface area contributed by atoms with E-state index in [1.54, 1.807) is 53.7 Å². The molecule has 0 fully saturated rings. The summed E-state index contributed by atoms with van der Waals surface area (Å²) in [6.45, 7) is 10.1. The number of amides is 2. The lowest BCUT2D eigenvalue weighted by atomic mass is 10.1. The molecule has 2 aromatic rings. The van der Waals surface area contributed by atoms with Crippen molar-refractivity contribution in [2.45, 2.75) is 52.7 Å². The molecule has 0 bridgehead atoms. The summed E-state index contributed by atoms with van der Waals surface area (Å²) in [7, 11) is 0. The SMILES string of the molecule is CC(C)(C)OC(=O)NN(C(=O)OC(C)(C)C)c1c(O)ccc2c(Br)cc(Br)c(N)c12. The zero-order valence-corrected chi connectivity index (χ0v) is 20.8. The fraction of sp³-hybridized carbons (Fsp3) is 0.400. The van der Waals surface area contributed by atoms with E-state index in [4.69, 9.17) is 15.2 Å². The molecule has 0 saturated heterocycles. The summed E-state index contributed by atoms with van der Waals surface area (Å²) in [5.41, 5.74) is 7.16. The minimum atomic E-state index is -0.924. The number of hydrazine groups is 1. The number of nitrogen functional groups attached to an aromatic ring is 1. The summed E-state index contributed by atoms with van der Waals surface area (Å²) in [5, 5.41) is 12.4. The van der Waals surface area contributed by atoms with Gasteiger partial charge in [-0.2, -0.15) is 5.01 Å². The van der Waals surface area contributed by atoms with E-state index in [1.807, 2.05) is 0 Å². The van der Waals surface area contributed by atoms with Crippen LogP contribution in [0.2, 0.25) is 0 Å². The molecule has 0 aliphatic rings. The molecule has 0 aromatic heterocycles. The van der Waals surface area contributed by atoms with Gasteiger partial charge in [0.1, 0.15) is 22.6 Å². The van der Waals surface area contributed by atoms with Crippen LogP contribution in [0, 0.1) is 0 Å². The van der Waals surface area contributed by atoms with E-state index in [0.29, 0.717) is 19.7 Å². The van der Waals surface area contributed by atoms with Gasteiger partial charge in [-0.25, -0.2) is 15.0 Å². The smallest absolute Gasteiger partial charge is 0.434 e. The van der Waals surface area contributed by atoms with E-state index in [0.717, 1.165) is 5.01 Å². The summed E-state index contributed by atoms with van der Waals surface area (Å²) in [5.74, 6) is -0.291. The fourth-order valence-corrected chi connectivity index (χ4v) is 3.85. The Morgan fingerprint density at radius 2 is 1.60 bits per heavy atom. The van der Waals surface area contributed by atoms with Gasteiger partial charge in [-0.05, 0) is 75.7 Å². The number of halogens is 2. The molecule has 2 amide bonds. The Morgan fingerprint density at radius 1 is 1.03 bits per heavy atom. The fourth-order valence-electron chi connectivity index (χ4n) is 2.56. The maximum absolute atomic E-state index is 13.0. The second kappa shape index (κ2) is 8.50. The Morgan fingerprint density at radius 3 is 2.13 bits per heavy atom. The van der Waals surface area contributed by atoms with Crippen LogP contribution in [0.25, 0.3) is 10.8 Å². The minimum Gasteiger partial charge on any atom is -0.506 e. The van der Waals surface area contributed by atoms with Crippen molar-refractivity contribution >= 4 is 66.2 Å². The summed E-state index contributed by atoms with van der Waals surface area (Å²) >= 11 is 6.82. The molecule has 0 atom stereocenters. The Balaban J connectivity index is 2.71. The van der Waals surface area contributed by atoms with E-state index in [-0.39, 0.29) is 17.1 Å². The molecule has 0 unspecified atom stereocenters. The van der Waals surface area contributed by atoms with E-state index >= 15 is 0 Å². The number of nitrogens with two attached hydrogens (primary N) is 1. The number of hydrogen-bond acceptors (Lipinski definition) is 6. The highest BCUT2D eigenvalue weighted by Crippen LogP contribution is 2.44. The van der Waals surface area contributed by atoms with Gasteiger partial charge in [0.15, 0.2) is 0 Å². The number of carbonyl (C=O) groups excluding carboxylic acids is 2. The molecule has 2 aromatic carbocycles. The Labute approximate surface area is 191 Å². The molecule has 30 heavy (non-hydrogen) atoms. The summed E-state index contributed by atoms with van der Waals surface area (Å²) in [6.07, 6.45) is -1.83. The van der Waals surface area contributed by atoms with Gasteiger partial charge >= 0.3 is 12.2 Å². The molecule has 0 spiro atoms. The van der Waals surface area contributed by atoms with Crippen LogP contribution in [0.4, 0.5) is 21.0 Å². The van der Waals surface area contributed by atoms with Gasteiger partial charge in [0.25, 0.3) is 0 Å². The van der Waals surface area contributed by atoms with Crippen molar-refractivity contribution < 1.29 is 24.2 Å². The van der Waals surface area contributed by atoms with Crippen molar-refractivity contribution in [1.29, 1.82) is 0 Å². The van der Waals surface area contributed by atoms with Gasteiger partial charge in [-0.3, -0.25) is 0 Å². The average Bonchev–Trinajstić information content (AvgIpc) is 2.54. The van der Waals surface area contributed by atoms with Crippen LogP contribution in [-0.4, -0.2) is 28.5 Å². The molecule has 4 N–H and O–H groups in total. The monoisotopic (exact) mass is 545 g/mol. The number of aromatic hydroxyl groups is 1. The second-order valence-corrected chi connectivity index (χ2v) is 10.2. The molecular weight excluding hydrogens is 522 g/mol. The maximum atomic E-state index is 13.0. The standard InChI is InChI=1S/C20H25Br2N3O5/c1-19(2,3)29-17(27)24-25(18(28)30-20(4,5)6)16-13(26)8-7-10-11(21)9-12(22)15(23)14(10)16/h7-9,26H,23H2,1-6H3,(H,24,27). The predicted octanol–water partition coefficient (Wildman–Crippen LogP) is 5.83. The number of hydrogen-bond donors (Lipinski definition) is 3. The lowest BCUT2D eigenvalue weighted by molar-refractivity contribution is 0.0425. The molecule has 0 aliphatic carbocycles. The lowest BCUT2D eigenvalue weighted by Crippen LogP contribution is -2.50. The molecule has 164 valence electrons. The van der Waals surface area contributed by atoms with Gasteiger partial charge < -0.3 is 20.3 Å². The van der Waals surface area contributed by atoms with Crippen molar-refractivity contribution in [3.8, 4) is 5.75 Å². The zero-order chi connectivity index (χ0) is 23.0. The van der Waals surface area contributed by atoms with Crippen LogP contribution in [0.5, 0.6) is 5.75 Å². The number of phenols is 1. The predicted molar refractivity (Wildman–Crippen MR) is 124 cm³/mol. The number of anilines is 2. The molecule has 0 aliphatic heterocycles. The number of phenolic OH excluding ortho intramolecular Hbond substituents is 1. The molecule has 0 radical (unpaired) electrons. The molecule has 8 nitrogen and oxygen atoms in total. The van der Waals surface area contributed by atoms with Crippen molar-refractivity contribution in [2.75, 3.05) is 10.7 Å². The van der Waals surface area contributed by atoms with Crippen molar-refractivity contribution in [3.63, 3.8) is 0 Å². The van der Waals surface area contributed by atoms with Crippen LogP contribution in [0.15, 0.2) is 27.1 Å². The summed E-state index contributed by atoms with van der Waals surface area (Å²) in [6, 6.07) is 4.78. The number of nitrogens with zero attached hydrogens (tertiary/aromatic N) is 1. The zero-order valence-electron chi connectivity index (χ0n) is 17.6. The molecular formula is C20H25Br2N3O5. The van der Waals surface area contributed by atoms with Crippen LogP contribution in [-0.2, 0) is 9.47 Å². The summed E-state index contributed by atoms with van der Waals surface area (Å²) in [4.78, 5) is 25.5. The first-order valence-corrected chi connectivity index (χ1v) is 10.6. The van der Waals surface area contributed by atoms with Crippen LogP contribution >= 0.6 is 31.9 Å². The van der Waals surface area contributed by atoms with Crippen molar-refractivity contribution in [1.82, 2.24) is 5.43 Å². The van der Waals surface area contributed by atoms with Crippen LogP contribution in [0.1, 0.15) is 41.5 Å². The quantitative estimate of drug-likeness (QED) is 0.306. The Bertz CT molecular complexity index is 997. The lowest BCUT2D eigenvalue weighted by Gasteiger charge is -2.30. The normalized spacial score (nSPS) is 11.9.